The van der Waals surface area contributed by atoms with E-state index >= 15 is 0 Å². The largest absolute Gasteiger partial charge is 0.299 e. The molecule has 1 nitrogen and oxygen atoms in total. The SMILES string of the molecule is CC(C)CN(C)C(C)C1=CCCS1. The van der Waals surface area contributed by atoms with Gasteiger partial charge in [-0.25, -0.2) is 0 Å². The van der Waals surface area contributed by atoms with E-state index in [1.807, 2.05) is 11.8 Å². The molecule has 0 N–H and O–H groups in total. The van der Waals surface area contributed by atoms with Crippen LogP contribution in [0.25, 0.3) is 0 Å². The Labute approximate surface area is 86.6 Å². The minimum Gasteiger partial charge on any atom is -0.299 e. The summed E-state index contributed by atoms with van der Waals surface area (Å²) in [6.45, 7) is 8.06. The van der Waals surface area contributed by atoms with E-state index in [9.17, 15) is 0 Å². The molecule has 76 valence electrons. The summed E-state index contributed by atoms with van der Waals surface area (Å²) in [4.78, 5) is 4.03. The molecule has 1 rings (SSSR count). The number of rotatable bonds is 4. The van der Waals surface area contributed by atoms with Gasteiger partial charge in [0, 0.05) is 18.3 Å². The van der Waals surface area contributed by atoms with Crippen molar-refractivity contribution in [1.82, 2.24) is 4.90 Å². The number of likely N-dealkylation sites (N-methyl/N-ethyl adjacent to an activating group) is 1. The van der Waals surface area contributed by atoms with Crippen molar-refractivity contribution in [3.05, 3.63) is 11.0 Å². The highest BCUT2D eigenvalue weighted by molar-refractivity contribution is 8.03. The van der Waals surface area contributed by atoms with Crippen molar-refractivity contribution in [2.45, 2.75) is 33.2 Å². The molecule has 0 amide bonds. The van der Waals surface area contributed by atoms with Crippen LogP contribution >= 0.6 is 11.8 Å². The highest BCUT2D eigenvalue weighted by Gasteiger charge is 2.17. The van der Waals surface area contributed by atoms with Crippen molar-refractivity contribution >= 4 is 11.8 Å². The molecule has 1 aliphatic heterocycles. The fourth-order valence-electron chi connectivity index (χ4n) is 1.68. The van der Waals surface area contributed by atoms with E-state index in [4.69, 9.17) is 0 Å². The third-order valence-electron chi connectivity index (χ3n) is 2.46. The molecular weight excluding hydrogens is 178 g/mol. The summed E-state index contributed by atoms with van der Waals surface area (Å²) in [7, 11) is 2.23. The van der Waals surface area contributed by atoms with Crippen LogP contribution in [0.2, 0.25) is 0 Å². The first-order valence-electron chi connectivity index (χ1n) is 5.14. The van der Waals surface area contributed by atoms with Gasteiger partial charge in [-0.1, -0.05) is 19.9 Å². The average molecular weight is 199 g/mol. The van der Waals surface area contributed by atoms with Crippen LogP contribution in [-0.2, 0) is 0 Å². The van der Waals surface area contributed by atoms with Gasteiger partial charge < -0.3 is 0 Å². The molecule has 0 aromatic carbocycles. The summed E-state index contributed by atoms with van der Waals surface area (Å²) >= 11 is 2.03. The second-order valence-electron chi connectivity index (χ2n) is 4.25. The van der Waals surface area contributed by atoms with Crippen LogP contribution in [0.5, 0.6) is 0 Å². The summed E-state index contributed by atoms with van der Waals surface area (Å²) in [5.74, 6) is 2.05. The van der Waals surface area contributed by atoms with E-state index in [0.29, 0.717) is 6.04 Å². The number of hydrogen-bond acceptors (Lipinski definition) is 2. The molecule has 0 aromatic heterocycles. The molecular formula is C11H21NS. The van der Waals surface area contributed by atoms with Crippen molar-refractivity contribution < 1.29 is 0 Å². The molecule has 1 heterocycles. The smallest absolute Gasteiger partial charge is 0.0372 e. The van der Waals surface area contributed by atoms with E-state index in [1.165, 1.54) is 18.7 Å². The Balaban J connectivity index is 2.41. The molecule has 0 radical (unpaired) electrons. The lowest BCUT2D eigenvalue weighted by atomic mass is 10.1. The van der Waals surface area contributed by atoms with Crippen LogP contribution in [0, 0.1) is 5.92 Å². The Kier molecular flexibility index (Phi) is 4.33. The summed E-state index contributed by atoms with van der Waals surface area (Å²) in [5.41, 5.74) is 0. The van der Waals surface area contributed by atoms with Crippen molar-refractivity contribution in [3.8, 4) is 0 Å². The maximum Gasteiger partial charge on any atom is 0.0372 e. The normalized spacial score (nSPS) is 19.7. The average Bonchev–Trinajstić information content (AvgIpc) is 2.53. The van der Waals surface area contributed by atoms with Crippen molar-refractivity contribution in [1.29, 1.82) is 0 Å². The predicted octanol–water partition coefficient (Wildman–Crippen LogP) is 2.98. The maximum absolute atomic E-state index is 2.45. The zero-order valence-electron chi connectivity index (χ0n) is 9.21. The maximum atomic E-state index is 2.45. The topological polar surface area (TPSA) is 3.24 Å². The monoisotopic (exact) mass is 199 g/mol. The molecule has 1 unspecified atom stereocenters. The third kappa shape index (κ3) is 3.35. The van der Waals surface area contributed by atoms with Crippen molar-refractivity contribution in [2.75, 3.05) is 19.3 Å². The second kappa shape index (κ2) is 5.06. The van der Waals surface area contributed by atoms with E-state index in [0.717, 1.165) is 5.92 Å². The molecule has 0 aromatic rings. The standard InChI is InChI=1S/C11H21NS/c1-9(2)8-12(4)10(3)11-6-5-7-13-11/h6,9-10H,5,7-8H2,1-4H3. The molecule has 0 aliphatic carbocycles. The molecule has 0 saturated carbocycles. The van der Waals surface area contributed by atoms with E-state index in [-0.39, 0.29) is 0 Å². The van der Waals surface area contributed by atoms with Crippen LogP contribution in [0.3, 0.4) is 0 Å². The highest BCUT2D eigenvalue weighted by Crippen LogP contribution is 2.29. The molecule has 2 heteroatoms. The van der Waals surface area contributed by atoms with Gasteiger partial charge in [-0.05, 0) is 31.2 Å². The summed E-state index contributed by atoms with van der Waals surface area (Å²) in [5, 5.41) is 0. The van der Waals surface area contributed by atoms with Crippen LogP contribution in [0.15, 0.2) is 11.0 Å². The van der Waals surface area contributed by atoms with Crippen LogP contribution in [0.1, 0.15) is 27.2 Å². The summed E-state index contributed by atoms with van der Waals surface area (Å²) in [6, 6.07) is 0.620. The lowest BCUT2D eigenvalue weighted by Crippen LogP contribution is -2.32. The first-order chi connectivity index (χ1) is 6.11. The molecule has 0 bridgehead atoms. The number of hydrogen-bond donors (Lipinski definition) is 0. The quantitative estimate of drug-likeness (QED) is 0.685. The van der Waals surface area contributed by atoms with Crippen molar-refractivity contribution in [3.63, 3.8) is 0 Å². The third-order valence-corrected chi connectivity index (χ3v) is 3.74. The predicted molar refractivity (Wildman–Crippen MR) is 62.1 cm³/mol. The van der Waals surface area contributed by atoms with Gasteiger partial charge in [-0.2, -0.15) is 0 Å². The van der Waals surface area contributed by atoms with Gasteiger partial charge in [0.1, 0.15) is 0 Å². The molecule has 0 saturated heterocycles. The lowest BCUT2D eigenvalue weighted by molar-refractivity contribution is 0.261. The fraction of sp³-hybridized carbons (Fsp3) is 0.818. The zero-order valence-corrected chi connectivity index (χ0v) is 10.0. The number of nitrogens with zero attached hydrogens (tertiary/aromatic N) is 1. The zero-order chi connectivity index (χ0) is 9.84. The lowest BCUT2D eigenvalue weighted by Gasteiger charge is -2.26. The number of allylic oxidation sites excluding steroid dienone is 1. The highest BCUT2D eigenvalue weighted by atomic mass is 32.2. The Morgan fingerprint density at radius 1 is 1.46 bits per heavy atom. The van der Waals surface area contributed by atoms with Gasteiger partial charge in [0.05, 0.1) is 0 Å². The molecule has 0 fully saturated rings. The van der Waals surface area contributed by atoms with Crippen LogP contribution in [-0.4, -0.2) is 30.3 Å². The van der Waals surface area contributed by atoms with Crippen LogP contribution in [0.4, 0.5) is 0 Å². The number of thioether (sulfide) groups is 1. The van der Waals surface area contributed by atoms with Crippen LogP contribution < -0.4 is 0 Å². The van der Waals surface area contributed by atoms with E-state index in [2.05, 4.69) is 38.8 Å². The Bertz CT molecular complexity index is 187. The van der Waals surface area contributed by atoms with Gasteiger partial charge >= 0.3 is 0 Å². The van der Waals surface area contributed by atoms with Gasteiger partial charge in [0.2, 0.25) is 0 Å². The minimum absolute atomic E-state index is 0.620. The van der Waals surface area contributed by atoms with E-state index in [1.54, 1.807) is 4.91 Å². The van der Waals surface area contributed by atoms with E-state index < -0.39 is 0 Å². The minimum atomic E-state index is 0.620. The Hall–Kier alpha value is 0.0500. The fourth-order valence-corrected chi connectivity index (χ4v) is 2.81. The van der Waals surface area contributed by atoms with Gasteiger partial charge in [0.15, 0.2) is 0 Å². The summed E-state index contributed by atoms with van der Waals surface area (Å²) < 4.78 is 0. The van der Waals surface area contributed by atoms with Gasteiger partial charge in [-0.3, -0.25) is 4.90 Å². The second-order valence-corrected chi connectivity index (χ2v) is 5.42. The molecule has 1 atom stereocenters. The van der Waals surface area contributed by atoms with Gasteiger partial charge in [-0.15, -0.1) is 11.8 Å². The Morgan fingerprint density at radius 2 is 2.15 bits per heavy atom. The van der Waals surface area contributed by atoms with Gasteiger partial charge in [0.25, 0.3) is 0 Å². The summed E-state index contributed by atoms with van der Waals surface area (Å²) in [6.07, 6.45) is 3.66. The van der Waals surface area contributed by atoms with Crippen molar-refractivity contribution in [2.24, 2.45) is 5.92 Å². The molecule has 13 heavy (non-hydrogen) atoms. The molecule has 1 aliphatic rings. The molecule has 0 spiro atoms. The Morgan fingerprint density at radius 3 is 2.62 bits per heavy atom. The first-order valence-corrected chi connectivity index (χ1v) is 6.13. The first kappa shape index (κ1) is 11.1.